The summed E-state index contributed by atoms with van der Waals surface area (Å²) in [7, 11) is 0. The first-order chi connectivity index (χ1) is 9.93. The van der Waals surface area contributed by atoms with Gasteiger partial charge in [-0.2, -0.15) is 0 Å². The third kappa shape index (κ3) is 3.17. The van der Waals surface area contributed by atoms with Crippen LogP contribution in [0.25, 0.3) is 5.76 Å². The highest BCUT2D eigenvalue weighted by Gasteiger charge is 2.12. The molecule has 0 unspecified atom stereocenters. The number of thioether (sulfide) groups is 1. The lowest BCUT2D eigenvalue weighted by Gasteiger charge is -2.17. The van der Waals surface area contributed by atoms with E-state index in [2.05, 4.69) is 42.5 Å². The van der Waals surface area contributed by atoms with Crippen LogP contribution in [0.2, 0.25) is 0 Å². The molecule has 0 fully saturated rings. The van der Waals surface area contributed by atoms with Crippen molar-refractivity contribution in [3.63, 3.8) is 0 Å². The van der Waals surface area contributed by atoms with Gasteiger partial charge < -0.3 is 9.47 Å². The molecule has 2 aromatic rings. The van der Waals surface area contributed by atoms with E-state index in [4.69, 9.17) is 9.47 Å². The summed E-state index contributed by atoms with van der Waals surface area (Å²) in [5, 5.41) is 0. The molecular weight excluding hydrogens is 268 g/mol. The second-order valence-electron chi connectivity index (χ2n) is 4.47. The van der Waals surface area contributed by atoms with Crippen molar-refractivity contribution in [2.45, 2.75) is 10.6 Å². The highest BCUT2D eigenvalue weighted by Crippen LogP contribution is 2.31. The molecule has 0 radical (unpaired) electrons. The molecule has 3 rings (SSSR count). The standard InChI is InChI=1S/C17H16O2S/c1-2-6-14(7-3-1)13-20-17-9-5-4-8-15(17)16-12-18-10-11-19-16/h1-9,12H,10-11,13H2. The van der Waals surface area contributed by atoms with Crippen LogP contribution < -0.4 is 0 Å². The van der Waals surface area contributed by atoms with Gasteiger partial charge in [0, 0.05) is 16.2 Å². The molecule has 0 aliphatic carbocycles. The molecule has 20 heavy (non-hydrogen) atoms. The number of rotatable bonds is 4. The smallest absolute Gasteiger partial charge is 0.162 e. The van der Waals surface area contributed by atoms with E-state index in [1.54, 1.807) is 6.26 Å². The van der Waals surface area contributed by atoms with Crippen LogP contribution in [-0.2, 0) is 15.2 Å². The van der Waals surface area contributed by atoms with Gasteiger partial charge in [-0.25, -0.2) is 0 Å². The lowest BCUT2D eigenvalue weighted by Crippen LogP contribution is -2.07. The Kier molecular flexibility index (Phi) is 4.28. The van der Waals surface area contributed by atoms with Crippen LogP contribution in [-0.4, -0.2) is 13.2 Å². The lowest BCUT2D eigenvalue weighted by molar-refractivity contribution is 0.125. The maximum Gasteiger partial charge on any atom is 0.162 e. The number of hydrogen-bond donors (Lipinski definition) is 0. The summed E-state index contributed by atoms with van der Waals surface area (Å²) in [6.07, 6.45) is 1.71. The average molecular weight is 284 g/mol. The fraction of sp³-hybridized carbons (Fsp3) is 0.176. The van der Waals surface area contributed by atoms with Crippen LogP contribution >= 0.6 is 11.8 Å². The van der Waals surface area contributed by atoms with Gasteiger partial charge in [-0.15, -0.1) is 11.8 Å². The molecule has 0 saturated heterocycles. The molecule has 0 atom stereocenters. The van der Waals surface area contributed by atoms with E-state index in [0.29, 0.717) is 13.2 Å². The van der Waals surface area contributed by atoms with Gasteiger partial charge >= 0.3 is 0 Å². The molecule has 2 aromatic carbocycles. The average Bonchev–Trinajstić information content (AvgIpc) is 2.55. The highest BCUT2D eigenvalue weighted by atomic mass is 32.2. The third-order valence-corrected chi connectivity index (χ3v) is 4.18. The van der Waals surface area contributed by atoms with E-state index in [1.165, 1.54) is 10.5 Å². The van der Waals surface area contributed by atoms with Crippen LogP contribution in [0.5, 0.6) is 0 Å². The molecule has 0 N–H and O–H groups in total. The van der Waals surface area contributed by atoms with E-state index in [9.17, 15) is 0 Å². The van der Waals surface area contributed by atoms with Crippen LogP contribution in [0.3, 0.4) is 0 Å². The van der Waals surface area contributed by atoms with Crippen LogP contribution in [0.1, 0.15) is 11.1 Å². The minimum Gasteiger partial charge on any atom is -0.494 e. The maximum absolute atomic E-state index is 5.68. The van der Waals surface area contributed by atoms with Crippen molar-refractivity contribution in [1.29, 1.82) is 0 Å². The Bertz CT molecular complexity index is 593. The second kappa shape index (κ2) is 6.53. The summed E-state index contributed by atoms with van der Waals surface area (Å²) < 4.78 is 11.0. The van der Waals surface area contributed by atoms with E-state index >= 15 is 0 Å². The summed E-state index contributed by atoms with van der Waals surface area (Å²) in [5.41, 5.74) is 2.43. The highest BCUT2D eigenvalue weighted by molar-refractivity contribution is 7.98. The molecule has 1 aliphatic heterocycles. The van der Waals surface area contributed by atoms with Crippen molar-refractivity contribution in [2.75, 3.05) is 13.2 Å². The minimum atomic E-state index is 0.615. The molecule has 0 spiro atoms. The Hall–Kier alpha value is -1.87. The first kappa shape index (κ1) is 13.1. The van der Waals surface area contributed by atoms with Gasteiger partial charge in [0.05, 0.1) is 0 Å². The molecule has 0 saturated carbocycles. The Morgan fingerprint density at radius 1 is 0.900 bits per heavy atom. The molecule has 2 nitrogen and oxygen atoms in total. The zero-order valence-corrected chi connectivity index (χ0v) is 11.9. The molecule has 102 valence electrons. The van der Waals surface area contributed by atoms with E-state index in [0.717, 1.165) is 17.1 Å². The zero-order valence-electron chi connectivity index (χ0n) is 11.1. The van der Waals surface area contributed by atoms with Gasteiger partial charge in [-0.1, -0.05) is 48.5 Å². The van der Waals surface area contributed by atoms with Crippen molar-refractivity contribution < 1.29 is 9.47 Å². The fourth-order valence-corrected chi connectivity index (χ4v) is 3.05. The quantitative estimate of drug-likeness (QED) is 0.779. The molecule has 3 heteroatoms. The number of benzene rings is 2. The van der Waals surface area contributed by atoms with E-state index in [1.807, 2.05) is 23.9 Å². The molecule has 0 bridgehead atoms. The maximum atomic E-state index is 5.68. The summed E-state index contributed by atoms with van der Waals surface area (Å²) in [6.45, 7) is 1.24. The van der Waals surface area contributed by atoms with Gasteiger partial charge in [-0.05, 0) is 11.6 Å². The minimum absolute atomic E-state index is 0.615. The molecular formula is C17H16O2S. The predicted octanol–water partition coefficient (Wildman–Crippen LogP) is 4.32. The van der Waals surface area contributed by atoms with Gasteiger partial charge in [-0.3, -0.25) is 0 Å². The van der Waals surface area contributed by atoms with Crippen LogP contribution in [0.15, 0.2) is 65.8 Å². The predicted molar refractivity (Wildman–Crippen MR) is 82.3 cm³/mol. The largest absolute Gasteiger partial charge is 0.494 e. The van der Waals surface area contributed by atoms with E-state index < -0.39 is 0 Å². The Morgan fingerprint density at radius 2 is 1.70 bits per heavy atom. The molecule has 1 heterocycles. The Labute approximate surface area is 123 Å². The molecule has 0 aromatic heterocycles. The van der Waals surface area contributed by atoms with Crippen LogP contribution in [0, 0.1) is 0 Å². The third-order valence-electron chi connectivity index (χ3n) is 3.04. The summed E-state index contributed by atoms with van der Waals surface area (Å²) >= 11 is 1.82. The zero-order chi connectivity index (χ0) is 13.6. The SMILES string of the molecule is C1=C(c2ccccc2SCc2ccccc2)OCCO1. The number of ether oxygens (including phenoxy) is 2. The topological polar surface area (TPSA) is 18.5 Å². The lowest BCUT2D eigenvalue weighted by atomic mass is 10.2. The summed E-state index contributed by atoms with van der Waals surface area (Å²) in [4.78, 5) is 1.22. The van der Waals surface area contributed by atoms with Crippen molar-refractivity contribution in [3.8, 4) is 0 Å². The van der Waals surface area contributed by atoms with Crippen molar-refractivity contribution in [2.24, 2.45) is 0 Å². The van der Waals surface area contributed by atoms with Crippen LogP contribution in [0.4, 0.5) is 0 Å². The Balaban J connectivity index is 1.78. The molecule has 1 aliphatic rings. The fourth-order valence-electron chi connectivity index (χ4n) is 2.04. The van der Waals surface area contributed by atoms with Gasteiger partial charge in [0.2, 0.25) is 0 Å². The Morgan fingerprint density at radius 3 is 2.50 bits per heavy atom. The normalized spacial score (nSPS) is 14.1. The second-order valence-corrected chi connectivity index (χ2v) is 5.49. The monoisotopic (exact) mass is 284 g/mol. The van der Waals surface area contributed by atoms with E-state index in [-0.39, 0.29) is 0 Å². The van der Waals surface area contributed by atoms with Crippen molar-refractivity contribution in [3.05, 3.63) is 72.0 Å². The first-order valence-corrected chi connectivity index (χ1v) is 7.63. The van der Waals surface area contributed by atoms with Gasteiger partial charge in [0.1, 0.15) is 19.5 Å². The number of hydrogen-bond acceptors (Lipinski definition) is 3. The summed E-state index contributed by atoms with van der Waals surface area (Å²) in [5.74, 6) is 1.78. The van der Waals surface area contributed by atoms with Gasteiger partial charge in [0.25, 0.3) is 0 Å². The first-order valence-electron chi connectivity index (χ1n) is 6.64. The van der Waals surface area contributed by atoms with Gasteiger partial charge in [0.15, 0.2) is 5.76 Å². The van der Waals surface area contributed by atoms with Crippen molar-refractivity contribution >= 4 is 17.5 Å². The summed E-state index contributed by atoms with van der Waals surface area (Å²) in [6, 6.07) is 18.8. The molecule has 0 amide bonds. The van der Waals surface area contributed by atoms with Crippen molar-refractivity contribution in [1.82, 2.24) is 0 Å².